The van der Waals surface area contributed by atoms with Gasteiger partial charge in [0.05, 0.1) is 17.9 Å². The molecule has 1 fully saturated rings. The topological polar surface area (TPSA) is 89.8 Å². The Kier molecular flexibility index (Phi) is 5.42. The van der Waals surface area contributed by atoms with Crippen LogP contribution in [-0.2, 0) is 10.0 Å². The molecule has 0 saturated heterocycles. The van der Waals surface area contributed by atoms with Gasteiger partial charge >= 0.3 is 0 Å². The van der Waals surface area contributed by atoms with Gasteiger partial charge in [-0.2, -0.15) is 5.10 Å². The number of nitrogens with zero attached hydrogens (tertiary/aromatic N) is 4. The number of aryl methyl sites for hydroxylation is 1. The molecule has 1 aliphatic carbocycles. The van der Waals surface area contributed by atoms with E-state index in [0.29, 0.717) is 18.4 Å². The summed E-state index contributed by atoms with van der Waals surface area (Å²) in [5, 5.41) is 4.45. The SMILES string of the molecule is Cc1ccc(S(=O)(=O)NC2CCC(n3cc(-c4ccncn4)cn3)CC2)c(F)c1. The Bertz CT molecular complexity index is 1090. The lowest BCUT2D eigenvalue weighted by Crippen LogP contribution is -2.38. The fraction of sp³-hybridized carbons (Fsp3) is 0.350. The Labute approximate surface area is 169 Å². The summed E-state index contributed by atoms with van der Waals surface area (Å²) in [6, 6.07) is 5.96. The second-order valence-corrected chi connectivity index (χ2v) is 9.05. The van der Waals surface area contributed by atoms with Gasteiger partial charge in [-0.15, -0.1) is 0 Å². The van der Waals surface area contributed by atoms with E-state index < -0.39 is 15.8 Å². The number of rotatable bonds is 5. The van der Waals surface area contributed by atoms with Gasteiger partial charge < -0.3 is 0 Å². The van der Waals surface area contributed by atoms with Crippen LogP contribution in [0, 0.1) is 12.7 Å². The molecule has 1 N–H and O–H groups in total. The molecule has 2 aromatic heterocycles. The molecule has 9 heteroatoms. The van der Waals surface area contributed by atoms with Gasteiger partial charge in [-0.05, 0) is 56.4 Å². The summed E-state index contributed by atoms with van der Waals surface area (Å²) in [5.41, 5.74) is 2.42. The molecule has 152 valence electrons. The van der Waals surface area contributed by atoms with Crippen LogP contribution < -0.4 is 4.72 Å². The molecular formula is C20H22FN5O2S. The van der Waals surface area contributed by atoms with Gasteiger partial charge in [0, 0.05) is 24.0 Å². The summed E-state index contributed by atoms with van der Waals surface area (Å²) in [4.78, 5) is 7.85. The fourth-order valence-corrected chi connectivity index (χ4v) is 5.06. The van der Waals surface area contributed by atoms with Gasteiger partial charge in [-0.1, -0.05) is 6.07 Å². The third kappa shape index (κ3) is 4.35. The van der Waals surface area contributed by atoms with Gasteiger partial charge in [-0.25, -0.2) is 27.5 Å². The third-order valence-electron chi connectivity index (χ3n) is 5.25. The molecular weight excluding hydrogens is 393 g/mol. The third-order valence-corrected chi connectivity index (χ3v) is 6.80. The molecule has 0 atom stereocenters. The normalized spacial score (nSPS) is 19.9. The summed E-state index contributed by atoms with van der Waals surface area (Å²) in [6.45, 7) is 1.72. The van der Waals surface area contributed by atoms with Crippen molar-refractivity contribution in [1.82, 2.24) is 24.5 Å². The first-order chi connectivity index (χ1) is 13.9. The lowest BCUT2D eigenvalue weighted by atomic mass is 9.92. The predicted octanol–water partition coefficient (Wildman–Crippen LogP) is 3.25. The van der Waals surface area contributed by atoms with Crippen LogP contribution in [0.1, 0.15) is 37.3 Å². The molecule has 0 aliphatic heterocycles. The van der Waals surface area contributed by atoms with Crippen molar-refractivity contribution in [3.8, 4) is 11.3 Å². The van der Waals surface area contributed by atoms with E-state index in [-0.39, 0.29) is 17.0 Å². The zero-order valence-electron chi connectivity index (χ0n) is 16.0. The zero-order chi connectivity index (χ0) is 20.4. The van der Waals surface area contributed by atoms with Gasteiger partial charge in [0.2, 0.25) is 10.0 Å². The minimum absolute atomic E-state index is 0.197. The molecule has 2 heterocycles. The minimum Gasteiger partial charge on any atom is -0.269 e. The van der Waals surface area contributed by atoms with E-state index in [0.717, 1.165) is 24.1 Å². The monoisotopic (exact) mass is 415 g/mol. The second-order valence-electron chi connectivity index (χ2n) is 7.36. The van der Waals surface area contributed by atoms with Crippen LogP contribution in [0.5, 0.6) is 0 Å². The molecule has 1 aliphatic rings. The zero-order valence-corrected chi connectivity index (χ0v) is 16.8. The van der Waals surface area contributed by atoms with Gasteiger partial charge in [0.1, 0.15) is 17.0 Å². The molecule has 0 unspecified atom stereocenters. The van der Waals surface area contributed by atoms with Crippen molar-refractivity contribution >= 4 is 10.0 Å². The Morgan fingerprint density at radius 3 is 2.66 bits per heavy atom. The molecule has 0 spiro atoms. The second kappa shape index (κ2) is 8.00. The van der Waals surface area contributed by atoms with Crippen molar-refractivity contribution in [2.24, 2.45) is 0 Å². The Morgan fingerprint density at radius 2 is 1.97 bits per heavy atom. The number of aromatic nitrogens is 4. The first-order valence-corrected chi connectivity index (χ1v) is 11.0. The first kappa shape index (κ1) is 19.7. The predicted molar refractivity (Wildman–Crippen MR) is 106 cm³/mol. The van der Waals surface area contributed by atoms with Crippen LogP contribution in [0.15, 0.2) is 54.1 Å². The highest BCUT2D eigenvalue weighted by molar-refractivity contribution is 7.89. The molecule has 3 aromatic rings. The maximum atomic E-state index is 14.1. The van der Waals surface area contributed by atoms with E-state index in [1.807, 2.05) is 16.9 Å². The number of halogens is 1. The quantitative estimate of drug-likeness (QED) is 0.691. The number of benzene rings is 1. The lowest BCUT2D eigenvalue weighted by Gasteiger charge is -2.29. The van der Waals surface area contributed by atoms with E-state index in [2.05, 4.69) is 19.8 Å². The van der Waals surface area contributed by atoms with Crippen molar-refractivity contribution in [2.75, 3.05) is 0 Å². The summed E-state index contributed by atoms with van der Waals surface area (Å²) < 4.78 is 43.8. The number of sulfonamides is 1. The van der Waals surface area contributed by atoms with Crippen LogP contribution >= 0.6 is 0 Å². The van der Waals surface area contributed by atoms with E-state index >= 15 is 0 Å². The molecule has 29 heavy (non-hydrogen) atoms. The van der Waals surface area contributed by atoms with Gasteiger partial charge in [0.15, 0.2) is 0 Å². The van der Waals surface area contributed by atoms with Gasteiger partial charge in [-0.3, -0.25) is 4.68 Å². The molecule has 1 aromatic carbocycles. The average Bonchev–Trinajstić information content (AvgIpc) is 3.19. The molecule has 0 radical (unpaired) electrons. The van der Waals surface area contributed by atoms with Crippen molar-refractivity contribution in [3.63, 3.8) is 0 Å². The smallest absolute Gasteiger partial charge is 0.243 e. The first-order valence-electron chi connectivity index (χ1n) is 9.51. The Morgan fingerprint density at radius 1 is 1.17 bits per heavy atom. The van der Waals surface area contributed by atoms with Crippen molar-refractivity contribution in [1.29, 1.82) is 0 Å². The average molecular weight is 415 g/mol. The molecule has 4 rings (SSSR count). The van der Waals surface area contributed by atoms with Crippen molar-refractivity contribution in [2.45, 2.75) is 49.6 Å². The minimum atomic E-state index is -3.88. The summed E-state index contributed by atoms with van der Waals surface area (Å²) in [5.74, 6) is -0.722. The highest BCUT2D eigenvalue weighted by Crippen LogP contribution is 2.30. The molecule has 0 bridgehead atoms. The largest absolute Gasteiger partial charge is 0.269 e. The lowest BCUT2D eigenvalue weighted by molar-refractivity contribution is 0.293. The number of nitrogens with one attached hydrogen (secondary N) is 1. The van der Waals surface area contributed by atoms with Crippen LogP contribution in [0.4, 0.5) is 4.39 Å². The van der Waals surface area contributed by atoms with Crippen LogP contribution in [-0.4, -0.2) is 34.2 Å². The maximum Gasteiger partial charge on any atom is 0.243 e. The van der Waals surface area contributed by atoms with Gasteiger partial charge in [0.25, 0.3) is 0 Å². The van der Waals surface area contributed by atoms with Crippen LogP contribution in [0.2, 0.25) is 0 Å². The van der Waals surface area contributed by atoms with E-state index in [4.69, 9.17) is 0 Å². The molecule has 7 nitrogen and oxygen atoms in total. The Hall–Kier alpha value is -2.65. The number of hydrogen-bond donors (Lipinski definition) is 1. The summed E-state index contributed by atoms with van der Waals surface area (Å²) >= 11 is 0. The van der Waals surface area contributed by atoms with Crippen LogP contribution in [0.3, 0.4) is 0 Å². The molecule has 0 amide bonds. The van der Waals surface area contributed by atoms with E-state index in [1.165, 1.54) is 18.5 Å². The highest BCUT2D eigenvalue weighted by Gasteiger charge is 2.28. The standard InChI is InChI=1S/C20H22FN5O2S/c1-14-2-7-20(18(21)10-14)29(27,28)25-16-3-5-17(6-4-16)26-12-15(11-24-26)19-8-9-22-13-23-19/h2,7-13,16-17,25H,3-6H2,1H3. The van der Waals surface area contributed by atoms with Crippen molar-refractivity contribution in [3.05, 3.63) is 60.6 Å². The fourth-order valence-electron chi connectivity index (χ4n) is 3.70. The molecule has 1 saturated carbocycles. The van der Waals surface area contributed by atoms with E-state index in [1.54, 1.807) is 25.4 Å². The summed E-state index contributed by atoms with van der Waals surface area (Å²) in [7, 11) is -3.88. The van der Waals surface area contributed by atoms with Crippen molar-refractivity contribution < 1.29 is 12.8 Å². The van der Waals surface area contributed by atoms with E-state index in [9.17, 15) is 12.8 Å². The highest BCUT2D eigenvalue weighted by atomic mass is 32.2. The summed E-state index contributed by atoms with van der Waals surface area (Å²) in [6.07, 6.45) is 9.83. The Balaban J connectivity index is 1.39. The van der Waals surface area contributed by atoms with Crippen LogP contribution in [0.25, 0.3) is 11.3 Å². The maximum absolute atomic E-state index is 14.1. The number of hydrogen-bond acceptors (Lipinski definition) is 5.